The first-order valence-electron chi connectivity index (χ1n) is 12.5. The lowest BCUT2D eigenvalue weighted by Gasteiger charge is -2.37. The Morgan fingerprint density at radius 1 is 1.22 bits per heavy atom. The van der Waals surface area contributed by atoms with Gasteiger partial charge in [0.05, 0.1) is 6.04 Å². The van der Waals surface area contributed by atoms with Crippen molar-refractivity contribution in [1.29, 1.82) is 0 Å². The fourth-order valence-electron chi connectivity index (χ4n) is 4.58. The Hall–Kier alpha value is -2.53. The number of amides is 2. The van der Waals surface area contributed by atoms with Crippen molar-refractivity contribution in [1.82, 2.24) is 20.1 Å². The molecule has 2 N–H and O–H groups in total. The number of rotatable bonds is 11. The molecule has 0 saturated carbocycles. The maximum Gasteiger partial charge on any atom is 0.355 e. The van der Waals surface area contributed by atoms with E-state index in [-0.39, 0.29) is 47.8 Å². The second-order valence-corrected chi connectivity index (χ2v) is 11.1. The second-order valence-electron chi connectivity index (χ2n) is 10.2. The third-order valence-corrected chi connectivity index (χ3v) is 7.64. The van der Waals surface area contributed by atoms with Crippen molar-refractivity contribution in [3.8, 4) is 0 Å². The molecule has 2 amide bonds. The van der Waals surface area contributed by atoms with Crippen LogP contribution in [0.4, 0.5) is 0 Å². The van der Waals surface area contributed by atoms with Crippen molar-refractivity contribution in [2.24, 2.45) is 11.8 Å². The lowest BCUT2D eigenvalue weighted by atomic mass is 9.94. The lowest BCUT2D eigenvalue weighted by molar-refractivity contribution is -0.149. The normalized spacial score (nSPS) is 19.0. The van der Waals surface area contributed by atoms with Crippen LogP contribution >= 0.6 is 11.3 Å². The quantitative estimate of drug-likeness (QED) is 0.423. The van der Waals surface area contributed by atoms with E-state index in [1.54, 1.807) is 11.9 Å². The smallest absolute Gasteiger partial charge is 0.355 e. The topological polar surface area (TPSA) is 129 Å². The van der Waals surface area contributed by atoms with Gasteiger partial charge in [0, 0.05) is 31.8 Å². The number of hydrogen-bond donors (Lipinski definition) is 2. The largest absolute Gasteiger partial charge is 0.476 e. The fourth-order valence-corrected chi connectivity index (χ4v) is 5.42. The standard InChI is InChI=1S/C25H40N4O6S/c1-14(2)19(12-20(35-16(5)30)23-26-17(13-36-23)25(33)34)29(7)24(32)21(15(3)4)27-22(31)18-10-8-9-11-28(18)6/h13-15,18-21H,8-12H2,1-7H3,(H,27,31)(H,33,34)/t18-,19?,20?,21?/m1/s1. The number of thiazole rings is 1. The molecule has 1 saturated heterocycles. The van der Waals surface area contributed by atoms with Crippen molar-refractivity contribution in [2.75, 3.05) is 20.6 Å². The predicted molar refractivity (Wildman–Crippen MR) is 137 cm³/mol. The molecule has 1 aromatic heterocycles. The average molecular weight is 525 g/mol. The molecule has 1 aromatic rings. The van der Waals surface area contributed by atoms with Gasteiger partial charge in [-0.2, -0.15) is 0 Å². The minimum atomic E-state index is -1.16. The monoisotopic (exact) mass is 524 g/mol. The summed E-state index contributed by atoms with van der Waals surface area (Å²) in [5.41, 5.74) is -0.118. The highest BCUT2D eigenvalue weighted by Gasteiger charge is 2.36. The average Bonchev–Trinajstić information content (AvgIpc) is 3.29. The number of ether oxygens (including phenoxy) is 1. The number of carbonyl (C=O) groups is 4. The van der Waals surface area contributed by atoms with Crippen LogP contribution in [0.5, 0.6) is 0 Å². The van der Waals surface area contributed by atoms with Gasteiger partial charge in [0.25, 0.3) is 0 Å². The van der Waals surface area contributed by atoms with Gasteiger partial charge < -0.3 is 20.1 Å². The first-order valence-corrected chi connectivity index (χ1v) is 13.3. The molecule has 2 rings (SSSR count). The number of hydrogen-bond acceptors (Lipinski definition) is 8. The Kier molecular flexibility index (Phi) is 10.8. The Labute approximate surface area is 217 Å². The number of carboxylic acid groups (broad SMARTS) is 1. The Morgan fingerprint density at radius 2 is 1.89 bits per heavy atom. The highest BCUT2D eigenvalue weighted by atomic mass is 32.1. The van der Waals surface area contributed by atoms with Crippen molar-refractivity contribution >= 4 is 35.1 Å². The molecule has 0 aromatic carbocycles. The third-order valence-electron chi connectivity index (χ3n) is 6.70. The lowest BCUT2D eigenvalue weighted by Crippen LogP contribution is -2.57. The van der Waals surface area contributed by atoms with Crippen molar-refractivity contribution in [2.45, 2.75) is 84.5 Å². The van der Waals surface area contributed by atoms with E-state index in [0.717, 1.165) is 37.1 Å². The summed E-state index contributed by atoms with van der Waals surface area (Å²) >= 11 is 1.10. The number of esters is 1. The number of aromatic nitrogens is 1. The van der Waals surface area contributed by atoms with E-state index in [9.17, 15) is 24.3 Å². The zero-order valence-corrected chi connectivity index (χ0v) is 23.1. The summed E-state index contributed by atoms with van der Waals surface area (Å²) in [5.74, 6) is -2.18. The van der Waals surface area contributed by atoms with Crippen LogP contribution in [-0.2, 0) is 19.1 Å². The summed E-state index contributed by atoms with van der Waals surface area (Å²) in [6.07, 6.45) is 2.25. The number of carboxylic acids is 1. The van der Waals surface area contributed by atoms with Gasteiger partial charge in [-0.25, -0.2) is 9.78 Å². The second kappa shape index (κ2) is 13.1. The van der Waals surface area contributed by atoms with Crippen molar-refractivity contribution < 1.29 is 29.0 Å². The van der Waals surface area contributed by atoms with E-state index in [2.05, 4.69) is 10.3 Å². The first kappa shape index (κ1) is 29.7. The van der Waals surface area contributed by atoms with Crippen molar-refractivity contribution in [3.05, 3.63) is 16.1 Å². The molecule has 1 fully saturated rings. The molecule has 2 heterocycles. The zero-order valence-electron chi connectivity index (χ0n) is 22.3. The molecule has 202 valence electrons. The molecule has 0 aliphatic carbocycles. The van der Waals surface area contributed by atoms with E-state index < -0.39 is 24.1 Å². The van der Waals surface area contributed by atoms with Crippen LogP contribution in [-0.4, -0.2) is 82.4 Å². The number of carbonyl (C=O) groups excluding carboxylic acids is 3. The van der Waals surface area contributed by atoms with E-state index in [4.69, 9.17) is 4.74 Å². The highest BCUT2D eigenvalue weighted by Crippen LogP contribution is 2.30. The van der Waals surface area contributed by atoms with Gasteiger partial charge in [-0.15, -0.1) is 11.3 Å². The highest BCUT2D eigenvalue weighted by molar-refractivity contribution is 7.09. The summed E-state index contributed by atoms with van der Waals surface area (Å²) in [6.45, 7) is 9.86. The molecular formula is C25H40N4O6S. The van der Waals surface area contributed by atoms with Crippen LogP contribution in [0.25, 0.3) is 0 Å². The Balaban J connectivity index is 2.23. The minimum Gasteiger partial charge on any atom is -0.476 e. The number of aromatic carboxylic acids is 1. The van der Waals surface area contributed by atoms with E-state index in [1.165, 1.54) is 12.3 Å². The molecule has 10 nitrogen and oxygen atoms in total. The Bertz CT molecular complexity index is 933. The van der Waals surface area contributed by atoms with Crippen LogP contribution < -0.4 is 5.32 Å². The van der Waals surface area contributed by atoms with Crippen LogP contribution in [0.3, 0.4) is 0 Å². The van der Waals surface area contributed by atoms with Gasteiger partial charge in [0.15, 0.2) is 11.8 Å². The summed E-state index contributed by atoms with van der Waals surface area (Å²) in [5, 5.41) is 14.0. The first-order chi connectivity index (χ1) is 16.8. The predicted octanol–water partition coefficient (Wildman–Crippen LogP) is 2.94. The van der Waals surface area contributed by atoms with Gasteiger partial charge in [-0.1, -0.05) is 34.1 Å². The maximum absolute atomic E-state index is 13.7. The number of nitrogens with zero attached hydrogens (tertiary/aromatic N) is 3. The van der Waals surface area contributed by atoms with Crippen LogP contribution in [0.2, 0.25) is 0 Å². The van der Waals surface area contributed by atoms with E-state index in [0.29, 0.717) is 5.01 Å². The maximum atomic E-state index is 13.7. The van der Waals surface area contributed by atoms with Gasteiger partial charge in [0.2, 0.25) is 11.8 Å². The third kappa shape index (κ3) is 7.73. The fraction of sp³-hybridized carbons (Fsp3) is 0.720. The van der Waals surface area contributed by atoms with Gasteiger partial charge >= 0.3 is 11.9 Å². The van der Waals surface area contributed by atoms with Crippen LogP contribution in [0.1, 0.15) is 81.9 Å². The molecule has 1 aliphatic rings. The summed E-state index contributed by atoms with van der Waals surface area (Å²) in [6, 6.07) is -1.31. The van der Waals surface area contributed by atoms with Crippen LogP contribution in [0.15, 0.2) is 5.38 Å². The summed E-state index contributed by atoms with van der Waals surface area (Å²) in [4.78, 5) is 57.6. The Morgan fingerprint density at radius 3 is 2.39 bits per heavy atom. The van der Waals surface area contributed by atoms with Gasteiger partial charge in [0.1, 0.15) is 11.0 Å². The molecule has 0 bridgehead atoms. The van der Waals surface area contributed by atoms with Gasteiger partial charge in [-0.05, 0) is 38.3 Å². The molecule has 4 atom stereocenters. The number of piperidine rings is 1. The molecule has 0 spiro atoms. The molecule has 1 aliphatic heterocycles. The molecule has 11 heteroatoms. The number of nitrogens with one attached hydrogen (secondary N) is 1. The zero-order chi connectivity index (χ0) is 27.2. The SMILES string of the molecule is CC(=O)OC(CC(C(C)C)N(C)C(=O)C(NC(=O)[C@H]1CCCCN1C)C(C)C)c1nc(C(=O)O)cs1. The van der Waals surface area contributed by atoms with Gasteiger partial charge in [-0.3, -0.25) is 19.3 Å². The van der Waals surface area contributed by atoms with Crippen LogP contribution in [0, 0.1) is 11.8 Å². The minimum absolute atomic E-state index is 0.0103. The molecule has 3 unspecified atom stereocenters. The molecule has 0 radical (unpaired) electrons. The number of likely N-dealkylation sites (tertiary alicyclic amines) is 1. The molecular weight excluding hydrogens is 484 g/mol. The van der Waals surface area contributed by atoms with E-state index >= 15 is 0 Å². The summed E-state index contributed by atoms with van der Waals surface area (Å²) in [7, 11) is 3.62. The molecule has 36 heavy (non-hydrogen) atoms. The summed E-state index contributed by atoms with van der Waals surface area (Å²) < 4.78 is 5.51. The number of likely N-dealkylation sites (N-methyl/N-ethyl adjacent to an activating group) is 2. The van der Waals surface area contributed by atoms with E-state index in [1.807, 2.05) is 39.6 Å². The van der Waals surface area contributed by atoms with Crippen molar-refractivity contribution in [3.63, 3.8) is 0 Å².